The predicted molar refractivity (Wildman–Crippen MR) is 80.3 cm³/mol. The van der Waals surface area contributed by atoms with Crippen LogP contribution in [0.3, 0.4) is 0 Å². The molecule has 3 N–H and O–H groups in total. The number of ether oxygens (including phenoxy) is 4. The summed E-state index contributed by atoms with van der Waals surface area (Å²) in [6.07, 6.45) is -2.93. The third kappa shape index (κ3) is 7.60. The van der Waals surface area contributed by atoms with E-state index in [0.29, 0.717) is 0 Å². The van der Waals surface area contributed by atoms with Gasteiger partial charge in [-0.25, -0.2) is 0 Å². The van der Waals surface area contributed by atoms with Gasteiger partial charge in [-0.05, 0) is 6.42 Å². The molecule has 0 saturated carbocycles. The zero-order chi connectivity index (χ0) is 17.5. The third-order valence-corrected chi connectivity index (χ3v) is 3.78. The summed E-state index contributed by atoms with van der Waals surface area (Å²) in [6.45, 7) is 0.845. The second-order valence-electron chi connectivity index (χ2n) is 5.25. The topological polar surface area (TPSA) is 124 Å². The highest BCUT2D eigenvalue weighted by molar-refractivity contribution is 7.51. The van der Waals surface area contributed by atoms with Crippen LogP contribution in [-0.4, -0.2) is 93.8 Å². The highest BCUT2D eigenvalue weighted by Crippen LogP contribution is 2.42. The van der Waals surface area contributed by atoms with E-state index < -0.39 is 38.0 Å². The Kier molecular flexibility index (Phi) is 9.21. The van der Waals surface area contributed by atoms with E-state index in [2.05, 4.69) is 0 Å². The van der Waals surface area contributed by atoms with Gasteiger partial charge in [0.25, 0.3) is 0 Å². The number of hydrogen-bond acceptors (Lipinski definition) is 8. The van der Waals surface area contributed by atoms with Crippen molar-refractivity contribution >= 4 is 15.4 Å². The van der Waals surface area contributed by atoms with Gasteiger partial charge in [-0.15, -0.1) is 0 Å². The molecule has 2 radical (unpaired) electrons. The van der Waals surface area contributed by atoms with Crippen LogP contribution in [0.2, 0.25) is 0 Å². The molecule has 1 fully saturated rings. The number of methoxy groups -OCH3 is 1. The van der Waals surface area contributed by atoms with Crippen molar-refractivity contribution in [3.05, 3.63) is 0 Å². The van der Waals surface area contributed by atoms with E-state index in [1.807, 2.05) is 0 Å². The molecular formula is C12H24BO9P. The maximum atomic E-state index is 11.5. The van der Waals surface area contributed by atoms with Gasteiger partial charge in [-0.3, -0.25) is 9.09 Å². The minimum atomic E-state index is -3.77. The van der Waals surface area contributed by atoms with E-state index in [1.54, 1.807) is 0 Å². The zero-order valence-electron chi connectivity index (χ0n) is 13.2. The van der Waals surface area contributed by atoms with Crippen molar-refractivity contribution in [2.75, 3.05) is 40.4 Å². The fourth-order valence-electron chi connectivity index (χ4n) is 2.09. The highest BCUT2D eigenvalue weighted by atomic mass is 31.2. The number of aliphatic hydroxyl groups is 2. The molecule has 1 rings (SSSR count). The van der Waals surface area contributed by atoms with Crippen LogP contribution in [-0.2, 0) is 28.0 Å². The Morgan fingerprint density at radius 1 is 1.39 bits per heavy atom. The maximum Gasteiger partial charge on any atom is 0.325 e. The zero-order valence-corrected chi connectivity index (χ0v) is 14.1. The van der Waals surface area contributed by atoms with Crippen molar-refractivity contribution < 1.29 is 43.1 Å². The summed E-state index contributed by atoms with van der Waals surface area (Å²) >= 11 is 0. The molecule has 0 amide bonds. The van der Waals surface area contributed by atoms with Crippen LogP contribution < -0.4 is 0 Å². The second-order valence-corrected chi connectivity index (χ2v) is 7.07. The van der Waals surface area contributed by atoms with Crippen molar-refractivity contribution in [2.45, 2.75) is 36.8 Å². The van der Waals surface area contributed by atoms with Crippen molar-refractivity contribution in [3.8, 4) is 0 Å². The molecule has 0 aromatic rings. The molecule has 0 aliphatic carbocycles. The van der Waals surface area contributed by atoms with Gasteiger partial charge in [0.05, 0.1) is 25.9 Å². The molecule has 1 aliphatic heterocycles. The first kappa shape index (κ1) is 21.0. The summed E-state index contributed by atoms with van der Waals surface area (Å²) < 4.78 is 37.7. The van der Waals surface area contributed by atoms with Gasteiger partial charge < -0.3 is 34.1 Å². The fraction of sp³-hybridized carbons (Fsp3) is 1.00. The molecule has 1 aliphatic rings. The van der Waals surface area contributed by atoms with Crippen LogP contribution in [0.4, 0.5) is 0 Å². The van der Waals surface area contributed by atoms with Gasteiger partial charge in [-0.2, -0.15) is 0 Å². The van der Waals surface area contributed by atoms with Crippen LogP contribution in [0, 0.1) is 0 Å². The molecule has 11 heteroatoms. The molecule has 0 bridgehead atoms. The summed E-state index contributed by atoms with van der Waals surface area (Å²) in [4.78, 5) is 9.42. The Bertz CT molecular complexity index is 380. The van der Waals surface area contributed by atoms with Crippen molar-refractivity contribution in [1.29, 1.82) is 0 Å². The second kappa shape index (κ2) is 10.1. The number of hydrogen-bond donors (Lipinski definition) is 3. The molecule has 0 aromatic heterocycles. The van der Waals surface area contributed by atoms with E-state index in [0.717, 1.165) is 6.66 Å². The first-order valence-electron chi connectivity index (χ1n) is 7.15. The van der Waals surface area contributed by atoms with E-state index >= 15 is 0 Å². The summed E-state index contributed by atoms with van der Waals surface area (Å²) in [5.41, 5.74) is 0. The first-order valence-corrected chi connectivity index (χ1v) is 9.18. The van der Waals surface area contributed by atoms with Gasteiger partial charge in [0.2, 0.25) is 0 Å². The number of aliphatic hydroxyl groups excluding tert-OH is 2. The molecule has 23 heavy (non-hydrogen) atoms. The molecule has 1 heterocycles. The Morgan fingerprint density at radius 2 is 2.09 bits per heavy atom. The molecule has 9 nitrogen and oxygen atoms in total. The monoisotopic (exact) mass is 354 g/mol. The Morgan fingerprint density at radius 3 is 2.65 bits per heavy atom. The van der Waals surface area contributed by atoms with E-state index in [1.165, 1.54) is 7.11 Å². The molecule has 1 saturated heterocycles. The minimum Gasteiger partial charge on any atom is -0.394 e. The van der Waals surface area contributed by atoms with Crippen LogP contribution in [0.5, 0.6) is 0 Å². The third-order valence-electron chi connectivity index (χ3n) is 3.14. The average molecular weight is 354 g/mol. The van der Waals surface area contributed by atoms with Crippen molar-refractivity contribution in [3.63, 3.8) is 0 Å². The Hall–Kier alpha value is -0.0251. The molecule has 0 spiro atoms. The minimum absolute atomic E-state index is 0.127. The lowest BCUT2D eigenvalue weighted by Gasteiger charge is -2.25. The summed E-state index contributed by atoms with van der Waals surface area (Å²) in [5, 5.41) is 17.8. The van der Waals surface area contributed by atoms with Crippen LogP contribution in [0.1, 0.15) is 6.42 Å². The average Bonchev–Trinajstić information content (AvgIpc) is 2.73. The fourth-order valence-corrected chi connectivity index (χ4v) is 2.80. The van der Waals surface area contributed by atoms with Crippen LogP contribution in [0.25, 0.3) is 0 Å². The SMILES string of the molecule is [B][C@@H]1O[C@H](COC)C(OP(C)(=O)O)[C@@H]1OCOCCC(O)CO. The van der Waals surface area contributed by atoms with E-state index in [9.17, 15) is 14.6 Å². The van der Waals surface area contributed by atoms with Gasteiger partial charge in [-0.1, -0.05) is 0 Å². The van der Waals surface area contributed by atoms with Gasteiger partial charge in [0, 0.05) is 19.8 Å². The van der Waals surface area contributed by atoms with E-state index in [-0.39, 0.29) is 33.0 Å². The quantitative estimate of drug-likeness (QED) is 0.182. The summed E-state index contributed by atoms with van der Waals surface area (Å²) in [6, 6.07) is -0.863. The van der Waals surface area contributed by atoms with Crippen molar-refractivity contribution in [2.24, 2.45) is 0 Å². The first-order chi connectivity index (χ1) is 10.8. The lowest BCUT2D eigenvalue weighted by atomic mass is 9.93. The standard InChI is InChI=1S/C12H24BO9P/c1-18-6-9-10(22-23(2,16)17)11(12(13)21-9)20-7-19-4-3-8(15)5-14/h8-12,14-15H,3-7H2,1-2H3,(H,16,17)/t8?,9-,10?,11+,12-/m1/s1. The van der Waals surface area contributed by atoms with Gasteiger partial charge in [0.15, 0.2) is 0 Å². The predicted octanol–water partition coefficient (Wildman–Crippen LogP) is -1.17. The molecular weight excluding hydrogens is 330 g/mol. The summed E-state index contributed by atoms with van der Waals surface area (Å²) in [7, 11) is 3.49. The normalized spacial score (nSPS) is 31.9. The smallest absolute Gasteiger partial charge is 0.325 e. The van der Waals surface area contributed by atoms with Gasteiger partial charge in [0.1, 0.15) is 33.0 Å². The van der Waals surface area contributed by atoms with Crippen LogP contribution >= 0.6 is 7.60 Å². The van der Waals surface area contributed by atoms with Crippen LogP contribution in [0.15, 0.2) is 0 Å². The van der Waals surface area contributed by atoms with E-state index in [4.69, 9.17) is 36.4 Å². The molecule has 6 atom stereocenters. The largest absolute Gasteiger partial charge is 0.394 e. The maximum absolute atomic E-state index is 11.5. The Balaban J connectivity index is 2.50. The lowest BCUT2D eigenvalue weighted by molar-refractivity contribution is -0.118. The molecule has 134 valence electrons. The molecule has 0 aromatic carbocycles. The van der Waals surface area contributed by atoms with Crippen molar-refractivity contribution in [1.82, 2.24) is 0 Å². The highest BCUT2D eigenvalue weighted by Gasteiger charge is 2.46. The van der Waals surface area contributed by atoms with Gasteiger partial charge >= 0.3 is 7.60 Å². The molecule has 3 unspecified atom stereocenters. The Labute approximate surface area is 136 Å². The summed E-state index contributed by atoms with van der Waals surface area (Å²) in [5.74, 6) is 0. The number of rotatable bonds is 11. The lowest BCUT2D eigenvalue weighted by Crippen LogP contribution is -2.39.